The molecule has 2 heterocycles. The third kappa shape index (κ3) is 4.13. The summed E-state index contributed by atoms with van der Waals surface area (Å²) in [4.78, 5) is 23.4. The monoisotopic (exact) mass is 343 g/mol. The van der Waals surface area contributed by atoms with Gasteiger partial charge in [-0.25, -0.2) is 9.37 Å². The minimum absolute atomic E-state index is 0.137. The number of benzene rings is 1. The molecule has 0 unspecified atom stereocenters. The predicted molar refractivity (Wildman–Crippen MR) is 93.8 cm³/mol. The fraction of sp³-hybridized carbons (Fsp3) is 0.421. The van der Waals surface area contributed by atoms with Crippen molar-refractivity contribution in [3.63, 3.8) is 0 Å². The number of aromatic nitrogens is 2. The zero-order valence-electron chi connectivity index (χ0n) is 14.6. The molecular weight excluding hydrogens is 321 g/mol. The Morgan fingerprint density at radius 2 is 1.80 bits per heavy atom. The number of ketones is 1. The highest BCUT2D eigenvalue weighted by Crippen LogP contribution is 2.23. The van der Waals surface area contributed by atoms with Gasteiger partial charge in [-0.2, -0.15) is 4.98 Å². The molecule has 0 bridgehead atoms. The van der Waals surface area contributed by atoms with Crippen molar-refractivity contribution < 1.29 is 13.9 Å². The van der Waals surface area contributed by atoms with Gasteiger partial charge >= 0.3 is 0 Å². The maximum Gasteiger partial charge on any atom is 0.228 e. The van der Waals surface area contributed by atoms with Crippen LogP contribution in [0.15, 0.2) is 24.3 Å². The lowest BCUT2D eigenvalue weighted by molar-refractivity contribution is 0.0917. The lowest BCUT2D eigenvalue weighted by Crippen LogP contribution is -2.31. The summed E-state index contributed by atoms with van der Waals surface area (Å²) in [6, 6.07) is 5.44. The van der Waals surface area contributed by atoms with Crippen LogP contribution >= 0.6 is 0 Å². The highest BCUT2D eigenvalue weighted by atomic mass is 19.1. The number of piperidine rings is 1. The van der Waals surface area contributed by atoms with E-state index in [0.29, 0.717) is 17.4 Å². The molecule has 0 saturated carbocycles. The van der Waals surface area contributed by atoms with Crippen molar-refractivity contribution >= 4 is 11.7 Å². The molecule has 25 heavy (non-hydrogen) atoms. The third-order valence-corrected chi connectivity index (χ3v) is 4.48. The topological polar surface area (TPSA) is 55.3 Å². The summed E-state index contributed by atoms with van der Waals surface area (Å²) in [7, 11) is 0. The van der Waals surface area contributed by atoms with Crippen molar-refractivity contribution in [2.45, 2.75) is 33.1 Å². The smallest absolute Gasteiger partial charge is 0.228 e. The maximum atomic E-state index is 13.0. The number of nitrogens with zero attached hydrogens (tertiary/aromatic N) is 3. The summed E-state index contributed by atoms with van der Waals surface area (Å²) < 4.78 is 18.6. The molecular formula is C19H22FN3O2. The molecule has 1 aromatic carbocycles. The van der Waals surface area contributed by atoms with Crippen LogP contribution in [0.3, 0.4) is 0 Å². The van der Waals surface area contributed by atoms with E-state index < -0.39 is 0 Å². The molecule has 0 amide bonds. The van der Waals surface area contributed by atoms with E-state index in [2.05, 4.69) is 14.9 Å². The molecule has 1 saturated heterocycles. The zero-order valence-corrected chi connectivity index (χ0v) is 14.6. The van der Waals surface area contributed by atoms with Gasteiger partial charge in [0.05, 0.1) is 0 Å². The first-order chi connectivity index (χ1) is 12.0. The molecule has 0 aliphatic carbocycles. The Morgan fingerprint density at radius 3 is 2.48 bits per heavy atom. The molecule has 2 aromatic rings. The van der Waals surface area contributed by atoms with E-state index in [-0.39, 0.29) is 18.2 Å². The summed E-state index contributed by atoms with van der Waals surface area (Å²) in [6.07, 6.45) is 3.50. The molecule has 0 spiro atoms. The molecule has 132 valence electrons. The predicted octanol–water partition coefficient (Wildman–Crippen LogP) is 3.48. The Labute approximate surface area is 146 Å². The van der Waals surface area contributed by atoms with Crippen LogP contribution in [0, 0.1) is 19.7 Å². The van der Waals surface area contributed by atoms with E-state index in [9.17, 15) is 9.18 Å². The van der Waals surface area contributed by atoms with Crippen LogP contribution < -0.4 is 9.64 Å². The first-order valence-electron chi connectivity index (χ1n) is 8.56. The maximum absolute atomic E-state index is 13.0. The molecule has 0 atom stereocenters. The first kappa shape index (κ1) is 17.3. The number of anilines is 1. The second-order valence-electron chi connectivity index (χ2n) is 6.31. The van der Waals surface area contributed by atoms with Crippen LogP contribution in [0.5, 0.6) is 5.88 Å². The van der Waals surface area contributed by atoms with E-state index >= 15 is 0 Å². The van der Waals surface area contributed by atoms with Gasteiger partial charge in [0.1, 0.15) is 5.82 Å². The van der Waals surface area contributed by atoms with Gasteiger partial charge in [-0.15, -0.1) is 0 Å². The summed E-state index contributed by atoms with van der Waals surface area (Å²) in [5, 5.41) is 0. The average Bonchev–Trinajstić information content (AvgIpc) is 2.64. The van der Waals surface area contributed by atoms with Crippen molar-refractivity contribution in [2.75, 3.05) is 24.6 Å². The lowest BCUT2D eigenvalue weighted by Gasteiger charge is -2.27. The molecule has 6 heteroatoms. The second kappa shape index (κ2) is 7.59. The average molecular weight is 343 g/mol. The summed E-state index contributed by atoms with van der Waals surface area (Å²) in [5.41, 5.74) is 2.09. The molecule has 1 aliphatic heterocycles. The summed E-state index contributed by atoms with van der Waals surface area (Å²) >= 11 is 0. The largest absolute Gasteiger partial charge is 0.469 e. The standard InChI is InChI=1S/C19H22FN3O2/c1-13-14(2)21-19(23-10-4-3-5-11-23)22-18(13)25-12-17(24)15-6-8-16(20)9-7-15/h6-9H,3-5,10-12H2,1-2H3. The highest BCUT2D eigenvalue weighted by molar-refractivity contribution is 5.97. The first-order valence-corrected chi connectivity index (χ1v) is 8.56. The number of hydrogen-bond acceptors (Lipinski definition) is 5. The SMILES string of the molecule is Cc1nc(N2CCCCC2)nc(OCC(=O)c2ccc(F)cc2)c1C. The van der Waals surface area contributed by atoms with E-state index in [1.165, 1.54) is 30.7 Å². The van der Waals surface area contributed by atoms with Gasteiger partial charge in [0.15, 0.2) is 12.4 Å². The van der Waals surface area contributed by atoms with Gasteiger partial charge < -0.3 is 9.64 Å². The van der Waals surface area contributed by atoms with Crippen molar-refractivity contribution in [1.82, 2.24) is 9.97 Å². The minimum Gasteiger partial charge on any atom is -0.469 e. The van der Waals surface area contributed by atoms with E-state index in [1.807, 2.05) is 13.8 Å². The van der Waals surface area contributed by atoms with E-state index in [0.717, 1.165) is 37.2 Å². The molecule has 5 nitrogen and oxygen atoms in total. The number of carbonyl (C=O) groups excluding carboxylic acids is 1. The molecule has 1 fully saturated rings. The summed E-state index contributed by atoms with van der Waals surface area (Å²) in [6.45, 7) is 5.54. The van der Waals surface area contributed by atoms with Crippen molar-refractivity contribution in [3.8, 4) is 5.88 Å². The highest BCUT2D eigenvalue weighted by Gasteiger charge is 2.18. The van der Waals surface area contributed by atoms with E-state index in [1.54, 1.807) is 0 Å². The minimum atomic E-state index is -0.370. The Kier molecular flexibility index (Phi) is 5.26. The third-order valence-electron chi connectivity index (χ3n) is 4.48. The van der Waals surface area contributed by atoms with Gasteiger partial charge in [-0.05, 0) is 57.4 Å². The second-order valence-corrected chi connectivity index (χ2v) is 6.31. The molecule has 3 rings (SSSR count). The normalized spacial score (nSPS) is 14.4. The van der Waals surface area contributed by atoms with Crippen LogP contribution in [-0.4, -0.2) is 35.4 Å². The Balaban J connectivity index is 1.73. The van der Waals surface area contributed by atoms with Gasteiger partial charge in [-0.1, -0.05) is 0 Å². The van der Waals surface area contributed by atoms with Crippen molar-refractivity contribution in [1.29, 1.82) is 0 Å². The summed E-state index contributed by atoms with van der Waals surface area (Å²) in [5.74, 6) is 0.511. The van der Waals surface area contributed by atoms with Gasteiger partial charge in [0.2, 0.25) is 11.8 Å². The van der Waals surface area contributed by atoms with Gasteiger partial charge in [-0.3, -0.25) is 4.79 Å². The number of rotatable bonds is 5. The fourth-order valence-electron chi connectivity index (χ4n) is 2.82. The Bertz CT molecular complexity index is 756. The van der Waals surface area contributed by atoms with Crippen LogP contribution in [0.2, 0.25) is 0 Å². The number of carbonyl (C=O) groups is 1. The van der Waals surface area contributed by atoms with Gasteiger partial charge in [0.25, 0.3) is 0 Å². The number of aryl methyl sites for hydroxylation is 1. The van der Waals surface area contributed by atoms with Crippen LogP contribution in [0.25, 0.3) is 0 Å². The van der Waals surface area contributed by atoms with Crippen molar-refractivity contribution in [3.05, 3.63) is 46.9 Å². The van der Waals surface area contributed by atoms with Crippen LogP contribution in [-0.2, 0) is 0 Å². The fourth-order valence-corrected chi connectivity index (χ4v) is 2.82. The van der Waals surface area contributed by atoms with Crippen LogP contribution in [0.1, 0.15) is 40.9 Å². The number of hydrogen-bond donors (Lipinski definition) is 0. The molecule has 1 aliphatic rings. The number of Topliss-reactive ketones (excluding diaryl/α,β-unsaturated/α-hetero) is 1. The molecule has 0 radical (unpaired) electrons. The molecule has 0 N–H and O–H groups in total. The Morgan fingerprint density at radius 1 is 1.12 bits per heavy atom. The zero-order chi connectivity index (χ0) is 17.8. The number of halogens is 1. The quantitative estimate of drug-likeness (QED) is 0.778. The van der Waals surface area contributed by atoms with E-state index in [4.69, 9.17) is 4.74 Å². The lowest BCUT2D eigenvalue weighted by atomic mass is 10.1. The molecule has 1 aromatic heterocycles. The number of ether oxygens (including phenoxy) is 1. The Hall–Kier alpha value is -2.50. The van der Waals surface area contributed by atoms with Gasteiger partial charge in [0, 0.05) is 29.9 Å². The van der Waals surface area contributed by atoms with Crippen LogP contribution in [0.4, 0.5) is 10.3 Å². The van der Waals surface area contributed by atoms with Crippen molar-refractivity contribution in [2.24, 2.45) is 0 Å².